The topological polar surface area (TPSA) is 0 Å². The highest BCUT2D eigenvalue weighted by atomic mass is 14.3. The molecule has 3 aromatic rings. The van der Waals surface area contributed by atoms with E-state index in [1.54, 1.807) is 0 Å². The van der Waals surface area contributed by atoms with Gasteiger partial charge in [-0.05, 0) is 90.6 Å². The average Bonchev–Trinajstić information content (AvgIpc) is 2.79. The normalized spacial score (nSPS) is 13.2. The molecule has 1 radical (unpaired) electrons. The second-order valence-electron chi connectivity index (χ2n) is 15.4. The Labute approximate surface area is 235 Å². The van der Waals surface area contributed by atoms with Gasteiger partial charge in [-0.2, -0.15) is 0 Å². The molecule has 0 fully saturated rings. The number of benzene rings is 3. The zero-order valence-electron chi connectivity index (χ0n) is 26.7. The van der Waals surface area contributed by atoms with Crippen LogP contribution in [-0.4, -0.2) is 0 Å². The third-order valence-electron chi connectivity index (χ3n) is 7.81. The molecule has 0 nitrogen and oxygen atoms in total. The molecule has 38 heavy (non-hydrogen) atoms. The Bertz CT molecular complexity index is 1260. The molecule has 0 atom stereocenters. The lowest BCUT2D eigenvalue weighted by Crippen LogP contribution is -2.18. The van der Waals surface area contributed by atoms with Gasteiger partial charge in [0.15, 0.2) is 0 Å². The third-order valence-corrected chi connectivity index (χ3v) is 7.81. The lowest BCUT2D eigenvalue weighted by atomic mass is 9.73. The highest BCUT2D eigenvalue weighted by Gasteiger charge is 2.28. The van der Waals surface area contributed by atoms with Gasteiger partial charge in [-0.3, -0.25) is 0 Å². The van der Waals surface area contributed by atoms with Crippen LogP contribution in [0, 0.1) is 6.07 Å². The molecule has 3 rings (SSSR count). The Kier molecular flexibility index (Phi) is 8.48. The largest absolute Gasteiger partial charge is 0.0654 e. The SMILES string of the molecule is CCCCc1[c]ccc(-c2ccc(C(C)(C)C)cc2C(C)(C)C)c1-c1ccc(C(C)(C)C)cc1C(C)(C)C. The molecular formula is C38H53. The van der Waals surface area contributed by atoms with Crippen molar-refractivity contribution in [2.75, 3.05) is 0 Å². The fourth-order valence-corrected chi connectivity index (χ4v) is 5.34. The fourth-order valence-electron chi connectivity index (χ4n) is 5.34. The second kappa shape index (κ2) is 10.7. The molecule has 0 saturated heterocycles. The van der Waals surface area contributed by atoms with Gasteiger partial charge in [-0.25, -0.2) is 0 Å². The van der Waals surface area contributed by atoms with Crippen LogP contribution in [0.5, 0.6) is 0 Å². The van der Waals surface area contributed by atoms with Crippen LogP contribution in [-0.2, 0) is 28.1 Å². The summed E-state index contributed by atoms with van der Waals surface area (Å²) in [6, 6.07) is 22.6. The highest BCUT2D eigenvalue weighted by Crippen LogP contribution is 2.45. The summed E-state index contributed by atoms with van der Waals surface area (Å²) in [5, 5.41) is 0. The summed E-state index contributed by atoms with van der Waals surface area (Å²) in [6.07, 6.45) is 3.41. The lowest BCUT2D eigenvalue weighted by molar-refractivity contribution is 0.568. The summed E-state index contributed by atoms with van der Waals surface area (Å²) in [5.41, 5.74) is 12.7. The van der Waals surface area contributed by atoms with Crippen molar-refractivity contribution in [2.24, 2.45) is 0 Å². The molecular weight excluding hydrogens is 456 g/mol. The molecule has 0 unspecified atom stereocenters. The van der Waals surface area contributed by atoms with Crippen LogP contribution in [0.1, 0.15) is 131 Å². The Balaban J connectivity index is 2.46. The molecule has 0 aliphatic carbocycles. The van der Waals surface area contributed by atoms with Crippen molar-refractivity contribution < 1.29 is 0 Å². The third kappa shape index (κ3) is 6.62. The van der Waals surface area contributed by atoms with E-state index in [1.165, 1.54) is 62.9 Å². The van der Waals surface area contributed by atoms with E-state index in [-0.39, 0.29) is 21.7 Å². The Hall–Kier alpha value is -2.34. The smallest absolute Gasteiger partial charge is 0.00640 e. The first kappa shape index (κ1) is 30.2. The van der Waals surface area contributed by atoms with Gasteiger partial charge in [-0.15, -0.1) is 0 Å². The van der Waals surface area contributed by atoms with Crippen LogP contribution in [0.4, 0.5) is 0 Å². The summed E-state index contributed by atoms with van der Waals surface area (Å²) >= 11 is 0. The second-order valence-corrected chi connectivity index (χ2v) is 15.4. The fraction of sp³-hybridized carbons (Fsp3) is 0.526. The predicted octanol–water partition coefficient (Wildman–Crippen LogP) is 11.4. The van der Waals surface area contributed by atoms with Gasteiger partial charge >= 0.3 is 0 Å². The first-order valence-electron chi connectivity index (χ1n) is 14.7. The van der Waals surface area contributed by atoms with E-state index in [0.29, 0.717) is 0 Å². The Morgan fingerprint density at radius 1 is 0.553 bits per heavy atom. The van der Waals surface area contributed by atoms with Crippen LogP contribution in [0.2, 0.25) is 0 Å². The van der Waals surface area contributed by atoms with Gasteiger partial charge in [-0.1, -0.05) is 145 Å². The maximum atomic E-state index is 3.70. The molecule has 3 aromatic carbocycles. The first-order valence-corrected chi connectivity index (χ1v) is 14.7. The van der Waals surface area contributed by atoms with E-state index >= 15 is 0 Å². The standard InChI is InChI=1S/C38H53/c1-14-15-17-26-18-16-19-30(29-22-20-27(35(2,3)4)24-32(29)37(8,9)10)34(26)31-23-21-28(36(5,6)7)25-33(31)38(11,12)13/h16,19-25H,14-15,17H2,1-13H3. The summed E-state index contributed by atoms with van der Waals surface area (Å²) in [4.78, 5) is 0. The summed E-state index contributed by atoms with van der Waals surface area (Å²) in [6.45, 7) is 30.3. The molecule has 0 aliphatic rings. The summed E-state index contributed by atoms with van der Waals surface area (Å²) < 4.78 is 0. The van der Waals surface area contributed by atoms with Crippen molar-refractivity contribution >= 4 is 0 Å². The quantitative estimate of drug-likeness (QED) is 0.321. The minimum atomic E-state index is 0.0225. The van der Waals surface area contributed by atoms with Crippen molar-refractivity contribution in [2.45, 2.75) is 131 Å². The van der Waals surface area contributed by atoms with Gasteiger partial charge in [0.2, 0.25) is 0 Å². The molecule has 0 heterocycles. The average molecular weight is 510 g/mol. The minimum absolute atomic E-state index is 0.0225. The van der Waals surface area contributed by atoms with E-state index < -0.39 is 0 Å². The van der Waals surface area contributed by atoms with Crippen LogP contribution in [0.3, 0.4) is 0 Å². The van der Waals surface area contributed by atoms with E-state index in [2.05, 4.69) is 145 Å². The van der Waals surface area contributed by atoms with E-state index in [0.717, 1.165) is 6.42 Å². The molecule has 0 amide bonds. The predicted molar refractivity (Wildman–Crippen MR) is 170 cm³/mol. The van der Waals surface area contributed by atoms with Crippen molar-refractivity contribution in [1.82, 2.24) is 0 Å². The maximum Gasteiger partial charge on any atom is -0.00640 e. The zero-order valence-corrected chi connectivity index (χ0v) is 26.7. The van der Waals surface area contributed by atoms with Crippen LogP contribution in [0.25, 0.3) is 22.3 Å². The van der Waals surface area contributed by atoms with Crippen LogP contribution in [0.15, 0.2) is 48.5 Å². The number of rotatable bonds is 5. The van der Waals surface area contributed by atoms with Gasteiger partial charge in [0.05, 0.1) is 0 Å². The van der Waals surface area contributed by atoms with Crippen molar-refractivity contribution in [3.8, 4) is 22.3 Å². The molecule has 0 saturated carbocycles. The van der Waals surface area contributed by atoms with Crippen molar-refractivity contribution in [3.05, 3.63) is 82.4 Å². The van der Waals surface area contributed by atoms with Gasteiger partial charge < -0.3 is 0 Å². The molecule has 0 heteroatoms. The number of hydrogen-bond acceptors (Lipinski definition) is 0. The highest BCUT2D eigenvalue weighted by molar-refractivity contribution is 5.89. The molecule has 0 bridgehead atoms. The van der Waals surface area contributed by atoms with Gasteiger partial charge in [0, 0.05) is 0 Å². The van der Waals surface area contributed by atoms with E-state index in [1.807, 2.05) is 0 Å². The van der Waals surface area contributed by atoms with Crippen LogP contribution >= 0.6 is 0 Å². The van der Waals surface area contributed by atoms with E-state index in [4.69, 9.17) is 0 Å². The van der Waals surface area contributed by atoms with Gasteiger partial charge in [0.25, 0.3) is 0 Å². The molecule has 0 aliphatic heterocycles. The van der Waals surface area contributed by atoms with Gasteiger partial charge in [0.1, 0.15) is 0 Å². The first-order chi connectivity index (χ1) is 17.4. The Morgan fingerprint density at radius 3 is 1.47 bits per heavy atom. The minimum Gasteiger partial charge on any atom is -0.0654 e. The summed E-state index contributed by atoms with van der Waals surface area (Å²) in [7, 11) is 0. The Morgan fingerprint density at radius 2 is 1.03 bits per heavy atom. The molecule has 0 aromatic heterocycles. The maximum absolute atomic E-state index is 3.70. The van der Waals surface area contributed by atoms with Crippen LogP contribution < -0.4 is 0 Å². The monoisotopic (exact) mass is 509 g/mol. The lowest BCUT2D eigenvalue weighted by Gasteiger charge is -2.31. The molecule has 0 N–H and O–H groups in total. The number of aryl methyl sites for hydroxylation is 1. The van der Waals surface area contributed by atoms with E-state index in [9.17, 15) is 0 Å². The molecule has 0 spiro atoms. The zero-order chi connectivity index (χ0) is 28.7. The van der Waals surface area contributed by atoms with Crippen molar-refractivity contribution in [1.29, 1.82) is 0 Å². The number of hydrogen-bond donors (Lipinski definition) is 0. The van der Waals surface area contributed by atoms with Crippen molar-refractivity contribution in [3.63, 3.8) is 0 Å². The molecule has 205 valence electrons. The summed E-state index contributed by atoms with van der Waals surface area (Å²) in [5.74, 6) is 0. The number of unbranched alkanes of at least 4 members (excludes halogenated alkanes) is 1.